The van der Waals surface area contributed by atoms with Crippen LogP contribution in [0.2, 0.25) is 0 Å². The molecular weight excluding hydrogens is 363 g/mol. The minimum absolute atomic E-state index is 0.0230. The molecule has 116 valence electrons. The van der Waals surface area contributed by atoms with Crippen LogP contribution in [-0.4, -0.2) is 25.6 Å². The van der Waals surface area contributed by atoms with Gasteiger partial charge in [0.25, 0.3) is 0 Å². The van der Waals surface area contributed by atoms with Crippen molar-refractivity contribution in [1.29, 1.82) is 5.26 Å². The van der Waals surface area contributed by atoms with Crippen LogP contribution in [-0.2, 0) is 0 Å². The van der Waals surface area contributed by atoms with E-state index in [9.17, 15) is 5.26 Å². The van der Waals surface area contributed by atoms with Gasteiger partial charge >= 0.3 is 146 Å². The number of hydrogen-bond donors (Lipinski definition) is 2. The molecule has 3 N–H and O–H groups in total. The second kappa shape index (κ2) is 6.01. The Balaban J connectivity index is 1.97. The van der Waals surface area contributed by atoms with Crippen molar-refractivity contribution in [2.24, 2.45) is 10.8 Å². The fourth-order valence-corrected chi connectivity index (χ4v) is 5.04. The van der Waals surface area contributed by atoms with Gasteiger partial charge in [0.15, 0.2) is 0 Å². The fraction of sp³-hybridized carbons (Fsp3) is 0.0526. The van der Waals surface area contributed by atoms with Crippen molar-refractivity contribution in [3.05, 3.63) is 87.5 Å². The normalized spacial score (nSPS) is 19.5. The van der Waals surface area contributed by atoms with Gasteiger partial charge in [0.2, 0.25) is 0 Å². The standard InChI is InChI=1S/C19H14N4Se/c20-11-14-17(21)16-15(12-7-3-1-4-8-12)18(22-23-19(16)24-14)13-9-5-2-6-10-13/h1-10,19,23H,21H2. The number of hydrogen-bond acceptors (Lipinski definition) is 4. The average molecular weight is 377 g/mol. The number of allylic oxidation sites excluding steroid dienone is 2. The molecule has 2 aliphatic heterocycles. The minimum atomic E-state index is -0.0418. The number of nitrogens with two attached hydrogens (primary N) is 1. The summed E-state index contributed by atoms with van der Waals surface area (Å²) >= 11 is -0.0418. The molecule has 5 heteroatoms. The molecular formula is C19H14N4Se. The molecule has 4 nitrogen and oxygen atoms in total. The summed E-state index contributed by atoms with van der Waals surface area (Å²) in [5, 5.41) is 14.0. The van der Waals surface area contributed by atoms with Crippen molar-refractivity contribution in [2.75, 3.05) is 0 Å². The topological polar surface area (TPSA) is 74.2 Å². The molecule has 2 aliphatic rings. The van der Waals surface area contributed by atoms with Gasteiger partial charge in [-0.15, -0.1) is 0 Å². The number of nitriles is 1. The third-order valence-corrected chi connectivity index (χ3v) is 6.40. The van der Waals surface area contributed by atoms with Gasteiger partial charge < -0.3 is 0 Å². The average Bonchev–Trinajstić information content (AvgIpc) is 2.98. The summed E-state index contributed by atoms with van der Waals surface area (Å²) in [5.41, 5.74) is 15.1. The second-order valence-corrected chi connectivity index (χ2v) is 7.80. The first-order chi connectivity index (χ1) is 11.8. The van der Waals surface area contributed by atoms with Gasteiger partial charge in [-0.1, -0.05) is 0 Å². The van der Waals surface area contributed by atoms with Crippen LogP contribution in [0, 0.1) is 11.3 Å². The first kappa shape index (κ1) is 14.8. The molecule has 0 aromatic heterocycles. The molecule has 0 aliphatic carbocycles. The third kappa shape index (κ3) is 2.33. The summed E-state index contributed by atoms with van der Waals surface area (Å²) in [7, 11) is 0. The fourth-order valence-electron chi connectivity index (χ4n) is 2.96. The van der Waals surface area contributed by atoms with Crippen LogP contribution in [0.4, 0.5) is 0 Å². The van der Waals surface area contributed by atoms with Crippen LogP contribution in [0.3, 0.4) is 0 Å². The van der Waals surface area contributed by atoms with Crippen molar-refractivity contribution < 1.29 is 0 Å². The maximum atomic E-state index is 9.36. The van der Waals surface area contributed by atoms with E-state index in [-0.39, 0.29) is 19.9 Å². The SMILES string of the molecule is N#CC1=C(N)C2=C(c3ccccc3)C(c3ccccc3)=NNC2[Se]1. The summed E-state index contributed by atoms with van der Waals surface area (Å²) in [6, 6.07) is 22.4. The van der Waals surface area contributed by atoms with E-state index in [1.165, 1.54) is 0 Å². The van der Waals surface area contributed by atoms with Crippen LogP contribution >= 0.6 is 0 Å². The predicted octanol–water partition coefficient (Wildman–Crippen LogP) is 2.19. The Morgan fingerprint density at radius 2 is 1.62 bits per heavy atom. The molecule has 0 radical (unpaired) electrons. The van der Waals surface area contributed by atoms with Gasteiger partial charge in [-0.05, 0) is 0 Å². The van der Waals surface area contributed by atoms with E-state index >= 15 is 0 Å². The van der Waals surface area contributed by atoms with Crippen LogP contribution < -0.4 is 11.2 Å². The number of nitrogens with zero attached hydrogens (tertiary/aromatic N) is 2. The first-order valence-electron chi connectivity index (χ1n) is 7.55. The maximum absolute atomic E-state index is 9.36. The van der Waals surface area contributed by atoms with Crippen molar-refractivity contribution >= 4 is 26.2 Å². The van der Waals surface area contributed by atoms with Crippen LogP contribution in [0.1, 0.15) is 11.1 Å². The molecule has 0 saturated carbocycles. The Morgan fingerprint density at radius 1 is 1.00 bits per heavy atom. The zero-order chi connectivity index (χ0) is 16.5. The Morgan fingerprint density at radius 3 is 2.25 bits per heavy atom. The number of hydrazone groups is 1. The van der Waals surface area contributed by atoms with Crippen molar-refractivity contribution in [2.45, 2.75) is 4.94 Å². The quantitative estimate of drug-likeness (QED) is 0.788. The van der Waals surface area contributed by atoms with E-state index < -0.39 is 0 Å². The molecule has 0 saturated heterocycles. The number of rotatable bonds is 2. The molecule has 0 fully saturated rings. The van der Waals surface area contributed by atoms with E-state index in [0.717, 1.165) is 28.0 Å². The Kier molecular flexibility index (Phi) is 3.70. The Bertz CT molecular complexity index is 921. The van der Waals surface area contributed by atoms with Gasteiger partial charge in [-0.3, -0.25) is 0 Å². The third-order valence-electron chi connectivity index (χ3n) is 4.04. The van der Waals surface area contributed by atoms with Crippen LogP contribution in [0.5, 0.6) is 0 Å². The molecule has 0 spiro atoms. The van der Waals surface area contributed by atoms with Gasteiger partial charge in [0, 0.05) is 0 Å². The number of benzene rings is 2. The van der Waals surface area contributed by atoms with E-state index in [1.807, 2.05) is 48.5 Å². The zero-order valence-electron chi connectivity index (χ0n) is 12.7. The molecule has 2 aromatic carbocycles. The Labute approximate surface area is 146 Å². The number of fused-ring (bicyclic) bond motifs is 1. The van der Waals surface area contributed by atoms with Crippen molar-refractivity contribution in [3.63, 3.8) is 0 Å². The molecule has 0 amide bonds. The van der Waals surface area contributed by atoms with Gasteiger partial charge in [-0.25, -0.2) is 0 Å². The second-order valence-electron chi connectivity index (χ2n) is 5.46. The van der Waals surface area contributed by atoms with E-state index in [2.05, 4.69) is 28.7 Å². The summed E-state index contributed by atoms with van der Waals surface area (Å²) in [4.78, 5) is 0.0230. The van der Waals surface area contributed by atoms with Gasteiger partial charge in [0.05, 0.1) is 0 Å². The molecule has 0 bridgehead atoms. The molecule has 24 heavy (non-hydrogen) atoms. The molecule has 1 atom stereocenters. The molecule has 4 rings (SSSR count). The molecule has 2 aromatic rings. The van der Waals surface area contributed by atoms with Gasteiger partial charge in [-0.2, -0.15) is 0 Å². The van der Waals surface area contributed by atoms with E-state index in [0.29, 0.717) is 10.2 Å². The molecule has 2 heterocycles. The first-order valence-corrected chi connectivity index (χ1v) is 9.39. The summed E-state index contributed by atoms with van der Waals surface area (Å²) in [5.74, 6) is 0. The van der Waals surface area contributed by atoms with Crippen molar-refractivity contribution in [3.8, 4) is 6.07 Å². The summed E-state index contributed by atoms with van der Waals surface area (Å²) in [6.07, 6.45) is 0. The van der Waals surface area contributed by atoms with E-state index in [4.69, 9.17) is 5.73 Å². The predicted molar refractivity (Wildman–Crippen MR) is 95.8 cm³/mol. The molecule has 1 unspecified atom stereocenters. The summed E-state index contributed by atoms with van der Waals surface area (Å²) in [6.45, 7) is 0. The van der Waals surface area contributed by atoms with Crippen molar-refractivity contribution in [1.82, 2.24) is 5.43 Å². The number of nitrogens with one attached hydrogen (secondary N) is 1. The summed E-state index contributed by atoms with van der Waals surface area (Å²) < 4.78 is 0.688. The van der Waals surface area contributed by atoms with Crippen LogP contribution in [0.25, 0.3) is 5.57 Å². The van der Waals surface area contributed by atoms with E-state index in [1.54, 1.807) is 0 Å². The Hall–Kier alpha value is -2.80. The zero-order valence-corrected chi connectivity index (χ0v) is 14.4. The van der Waals surface area contributed by atoms with Crippen LogP contribution in [0.15, 0.2) is 81.5 Å². The van der Waals surface area contributed by atoms with Gasteiger partial charge in [0.1, 0.15) is 0 Å². The monoisotopic (exact) mass is 378 g/mol.